The Balaban J connectivity index is 2.00. The molecule has 0 saturated carbocycles. The molecule has 0 spiro atoms. The van der Waals surface area contributed by atoms with Crippen LogP contribution in [0, 0.1) is 5.82 Å². The van der Waals surface area contributed by atoms with Gasteiger partial charge in [-0.15, -0.1) is 6.58 Å². The van der Waals surface area contributed by atoms with E-state index >= 15 is 0 Å². The largest absolute Gasteiger partial charge is 0.481 e. The van der Waals surface area contributed by atoms with Crippen molar-refractivity contribution in [3.8, 4) is 16.9 Å². The van der Waals surface area contributed by atoms with E-state index < -0.39 is 40.8 Å². The number of pyridine rings is 1. The van der Waals surface area contributed by atoms with Crippen LogP contribution < -0.4 is 4.74 Å². The van der Waals surface area contributed by atoms with Crippen molar-refractivity contribution in [1.82, 2.24) is 9.29 Å². The second kappa shape index (κ2) is 10.9. The first-order valence-corrected chi connectivity index (χ1v) is 12.0. The summed E-state index contributed by atoms with van der Waals surface area (Å²) in [7, 11) is -2.62. The first-order chi connectivity index (χ1) is 16.9. The highest BCUT2D eigenvalue weighted by molar-refractivity contribution is 7.89. The van der Waals surface area contributed by atoms with Gasteiger partial charge in [0, 0.05) is 49.1 Å². The minimum absolute atomic E-state index is 0.0937. The van der Waals surface area contributed by atoms with Crippen LogP contribution in [0.5, 0.6) is 5.75 Å². The molecule has 1 N–H and O–H groups in total. The number of allylic oxidation sites excluding steroid dienone is 1. The second-order valence-electron chi connectivity index (χ2n) is 7.89. The summed E-state index contributed by atoms with van der Waals surface area (Å²) >= 11 is 0. The monoisotopic (exact) mass is 520 g/mol. The first-order valence-electron chi connectivity index (χ1n) is 10.6. The molecule has 0 bridgehead atoms. The Kier molecular flexibility index (Phi) is 8.16. The molecule has 0 radical (unpaired) electrons. The van der Waals surface area contributed by atoms with Crippen molar-refractivity contribution < 1.29 is 36.2 Å². The number of hydrogen-bond acceptors (Lipinski definition) is 5. The molecular weight excluding hydrogens is 497 g/mol. The topological polar surface area (TPSA) is 96.8 Å². The molecule has 11 heteroatoms. The van der Waals surface area contributed by atoms with E-state index in [9.17, 15) is 26.4 Å². The Morgan fingerprint density at radius 2 is 1.86 bits per heavy atom. The molecule has 3 rings (SSSR count). The van der Waals surface area contributed by atoms with Gasteiger partial charge in [0.25, 0.3) is 5.92 Å². The summed E-state index contributed by atoms with van der Waals surface area (Å²) in [5.41, 5.74) is 0.571. The fourth-order valence-electron chi connectivity index (χ4n) is 3.38. The zero-order valence-corrected chi connectivity index (χ0v) is 20.0. The molecule has 0 aliphatic carbocycles. The lowest BCUT2D eigenvalue weighted by Gasteiger charge is -2.19. The van der Waals surface area contributed by atoms with Gasteiger partial charge in [0.15, 0.2) is 6.61 Å². The van der Waals surface area contributed by atoms with Gasteiger partial charge in [-0.25, -0.2) is 26.4 Å². The Hall–Kier alpha value is -3.70. The average molecular weight is 521 g/mol. The van der Waals surface area contributed by atoms with E-state index in [2.05, 4.69) is 11.6 Å². The molecule has 1 heterocycles. The molecule has 0 fully saturated rings. The Morgan fingerprint density at radius 3 is 2.50 bits per heavy atom. The minimum Gasteiger partial charge on any atom is -0.481 e. The predicted molar refractivity (Wildman–Crippen MR) is 127 cm³/mol. The highest BCUT2D eigenvalue weighted by atomic mass is 32.2. The summed E-state index contributed by atoms with van der Waals surface area (Å²) < 4.78 is 74.3. The highest BCUT2D eigenvalue weighted by Gasteiger charge is 2.31. The van der Waals surface area contributed by atoms with E-state index in [0.717, 1.165) is 40.8 Å². The molecule has 0 aliphatic heterocycles. The van der Waals surface area contributed by atoms with E-state index in [1.54, 1.807) is 0 Å². The number of aliphatic carboxylic acids is 1. The van der Waals surface area contributed by atoms with Gasteiger partial charge in [-0.1, -0.05) is 12.1 Å². The van der Waals surface area contributed by atoms with Crippen molar-refractivity contribution in [1.29, 1.82) is 0 Å². The number of alkyl halides is 2. The lowest BCUT2D eigenvalue weighted by Crippen LogP contribution is -2.26. The molecule has 0 aliphatic rings. The molecular formula is C25H23F3N2O5S. The number of aromatic nitrogens is 1. The summed E-state index contributed by atoms with van der Waals surface area (Å²) in [6.45, 7) is 2.55. The number of hydrogen-bond donors (Lipinski definition) is 1. The maximum absolute atomic E-state index is 14.5. The summed E-state index contributed by atoms with van der Waals surface area (Å²) in [6.07, 6.45) is 2.83. The molecule has 0 unspecified atom stereocenters. The van der Waals surface area contributed by atoms with Gasteiger partial charge >= 0.3 is 5.97 Å². The van der Waals surface area contributed by atoms with Crippen LogP contribution in [-0.4, -0.2) is 42.4 Å². The van der Waals surface area contributed by atoms with Crippen LogP contribution in [0.25, 0.3) is 11.1 Å². The molecule has 36 heavy (non-hydrogen) atoms. The summed E-state index contributed by atoms with van der Waals surface area (Å²) in [6, 6.07) is 10.1. The normalized spacial score (nSPS) is 11.9. The molecule has 3 aromatic rings. The van der Waals surface area contributed by atoms with Crippen LogP contribution in [0.4, 0.5) is 13.2 Å². The molecule has 190 valence electrons. The van der Waals surface area contributed by atoms with Gasteiger partial charge in [-0.3, -0.25) is 4.98 Å². The SMILES string of the molecule is C=CCC(F)(F)c1cncc(-c2cc(CN(C)S(=O)(=O)c3ccc(F)cc3)ccc2OCC(=O)O)c1. The molecule has 0 saturated heterocycles. The maximum Gasteiger partial charge on any atom is 0.341 e. The lowest BCUT2D eigenvalue weighted by atomic mass is 9.99. The third-order valence-corrected chi connectivity index (χ3v) is 7.01. The highest BCUT2D eigenvalue weighted by Crippen LogP contribution is 2.37. The van der Waals surface area contributed by atoms with Crippen LogP contribution in [0.15, 0.2) is 78.5 Å². The number of nitrogens with zero attached hydrogens (tertiary/aromatic N) is 2. The van der Waals surface area contributed by atoms with Crippen LogP contribution in [0.2, 0.25) is 0 Å². The molecule has 0 atom stereocenters. The minimum atomic E-state index is -3.96. The summed E-state index contributed by atoms with van der Waals surface area (Å²) in [4.78, 5) is 14.8. The van der Waals surface area contributed by atoms with Crippen molar-refractivity contribution in [3.63, 3.8) is 0 Å². The van der Waals surface area contributed by atoms with Crippen LogP contribution in [0.1, 0.15) is 17.5 Å². The maximum atomic E-state index is 14.5. The standard InChI is InChI=1S/C25H23F3N2O5S/c1-3-10-25(27,28)19-12-18(13-29-14-19)22-11-17(4-9-23(22)35-16-24(31)32)15-30(2)36(33,34)21-7-5-20(26)6-8-21/h3-9,11-14H,1,10,15-16H2,2H3,(H,31,32). The van der Waals surface area contributed by atoms with Crippen molar-refractivity contribution in [2.75, 3.05) is 13.7 Å². The van der Waals surface area contributed by atoms with Gasteiger partial charge in [0.05, 0.1) is 4.90 Å². The summed E-state index contributed by atoms with van der Waals surface area (Å²) in [5.74, 6) is -4.95. The Morgan fingerprint density at radius 1 is 1.17 bits per heavy atom. The van der Waals surface area contributed by atoms with Crippen LogP contribution in [0.3, 0.4) is 0 Å². The van der Waals surface area contributed by atoms with Gasteiger partial charge < -0.3 is 9.84 Å². The van der Waals surface area contributed by atoms with E-state index in [-0.39, 0.29) is 33.9 Å². The summed E-state index contributed by atoms with van der Waals surface area (Å²) in [5, 5.41) is 8.99. The number of halogens is 3. The molecule has 2 aromatic carbocycles. The molecule has 7 nitrogen and oxygen atoms in total. The zero-order chi connectivity index (χ0) is 26.5. The van der Waals surface area contributed by atoms with Gasteiger partial charge in [-0.05, 0) is 48.0 Å². The Bertz CT molecular complexity index is 1360. The average Bonchev–Trinajstić information content (AvgIpc) is 2.83. The van der Waals surface area contributed by atoms with E-state index in [1.165, 1.54) is 37.5 Å². The van der Waals surface area contributed by atoms with Crippen molar-refractivity contribution in [2.24, 2.45) is 0 Å². The quantitative estimate of drug-likeness (QED) is 0.364. The molecule has 0 amide bonds. The van der Waals surface area contributed by atoms with Crippen molar-refractivity contribution in [3.05, 3.63) is 90.5 Å². The van der Waals surface area contributed by atoms with Gasteiger partial charge in [-0.2, -0.15) is 4.31 Å². The second-order valence-corrected chi connectivity index (χ2v) is 9.93. The van der Waals surface area contributed by atoms with E-state index in [0.29, 0.717) is 5.56 Å². The zero-order valence-electron chi connectivity index (χ0n) is 19.2. The lowest BCUT2D eigenvalue weighted by molar-refractivity contribution is -0.139. The number of ether oxygens (including phenoxy) is 1. The predicted octanol–water partition coefficient (Wildman–Crippen LogP) is 4.84. The third-order valence-electron chi connectivity index (χ3n) is 5.19. The third kappa shape index (κ3) is 6.29. The number of carboxylic acid groups (broad SMARTS) is 1. The Labute approximate surface area is 206 Å². The van der Waals surface area contributed by atoms with Crippen molar-refractivity contribution >= 4 is 16.0 Å². The van der Waals surface area contributed by atoms with E-state index in [4.69, 9.17) is 9.84 Å². The van der Waals surface area contributed by atoms with E-state index in [1.807, 2.05) is 0 Å². The molecule has 1 aromatic heterocycles. The first kappa shape index (κ1) is 26.9. The van der Waals surface area contributed by atoms with Gasteiger partial charge in [0.2, 0.25) is 10.0 Å². The van der Waals surface area contributed by atoms with Crippen LogP contribution >= 0.6 is 0 Å². The fourth-order valence-corrected chi connectivity index (χ4v) is 4.54. The van der Waals surface area contributed by atoms with Gasteiger partial charge in [0.1, 0.15) is 11.6 Å². The number of rotatable bonds is 11. The number of benzene rings is 2. The number of carbonyl (C=O) groups is 1. The smallest absolute Gasteiger partial charge is 0.341 e. The number of carboxylic acids is 1. The number of sulfonamides is 1. The fraction of sp³-hybridized carbons (Fsp3) is 0.200. The van der Waals surface area contributed by atoms with Crippen molar-refractivity contribution in [2.45, 2.75) is 23.8 Å². The van der Waals surface area contributed by atoms with Crippen LogP contribution in [-0.2, 0) is 27.3 Å².